The lowest BCUT2D eigenvalue weighted by Gasteiger charge is -2.04. The molecule has 0 bridgehead atoms. The third kappa shape index (κ3) is 2.43. The number of aromatic nitrogens is 2. The number of rotatable bonds is 2. The summed E-state index contributed by atoms with van der Waals surface area (Å²) in [5, 5.41) is 0. The highest BCUT2D eigenvalue weighted by Crippen LogP contribution is 2.19. The van der Waals surface area contributed by atoms with E-state index in [0.29, 0.717) is 17.3 Å². The number of nitrogens with zero attached hydrogens (tertiary/aromatic N) is 2. The Kier molecular flexibility index (Phi) is 2.49. The van der Waals surface area contributed by atoms with Crippen LogP contribution in [-0.4, -0.2) is 9.97 Å². The van der Waals surface area contributed by atoms with Gasteiger partial charge in [0.15, 0.2) is 0 Å². The van der Waals surface area contributed by atoms with E-state index in [1.807, 2.05) is 6.92 Å². The van der Waals surface area contributed by atoms with Crippen LogP contribution >= 0.6 is 0 Å². The van der Waals surface area contributed by atoms with E-state index >= 15 is 0 Å². The fourth-order valence-corrected chi connectivity index (χ4v) is 1.09. The summed E-state index contributed by atoms with van der Waals surface area (Å²) in [4.78, 5) is 8.16. The summed E-state index contributed by atoms with van der Waals surface area (Å²) >= 11 is 0. The Balaban J connectivity index is 2.15. The molecule has 0 radical (unpaired) electrons. The van der Waals surface area contributed by atoms with Gasteiger partial charge in [-0.3, -0.25) is 4.98 Å². The van der Waals surface area contributed by atoms with Gasteiger partial charge in [0.2, 0.25) is 5.88 Å². The first-order valence-electron chi connectivity index (χ1n) is 4.56. The zero-order valence-corrected chi connectivity index (χ0v) is 8.34. The number of aryl methyl sites for hydroxylation is 1. The van der Waals surface area contributed by atoms with E-state index in [0.717, 1.165) is 5.69 Å². The molecular weight excluding hydrogens is 190 g/mol. The van der Waals surface area contributed by atoms with Gasteiger partial charge in [-0.05, 0) is 31.2 Å². The van der Waals surface area contributed by atoms with Gasteiger partial charge in [0.05, 0.1) is 18.1 Å². The van der Waals surface area contributed by atoms with E-state index in [9.17, 15) is 0 Å². The number of hydrogen-bond donors (Lipinski definition) is 1. The van der Waals surface area contributed by atoms with Crippen molar-refractivity contribution in [2.75, 3.05) is 5.73 Å². The van der Waals surface area contributed by atoms with Gasteiger partial charge in [0.1, 0.15) is 5.75 Å². The van der Waals surface area contributed by atoms with Crippen LogP contribution in [0.1, 0.15) is 5.69 Å². The summed E-state index contributed by atoms with van der Waals surface area (Å²) in [5.74, 6) is 1.17. The van der Waals surface area contributed by atoms with Crippen LogP contribution in [0, 0.1) is 6.92 Å². The Hall–Kier alpha value is -2.10. The minimum atomic E-state index is 0.477. The number of nitrogens with two attached hydrogens (primary N) is 1. The van der Waals surface area contributed by atoms with Crippen molar-refractivity contribution in [2.24, 2.45) is 0 Å². The van der Waals surface area contributed by atoms with Crippen LogP contribution in [0.3, 0.4) is 0 Å². The molecule has 4 nitrogen and oxygen atoms in total. The Morgan fingerprint density at radius 3 is 2.40 bits per heavy atom. The van der Waals surface area contributed by atoms with Crippen molar-refractivity contribution >= 4 is 5.69 Å². The van der Waals surface area contributed by atoms with Crippen molar-refractivity contribution in [1.29, 1.82) is 0 Å². The molecule has 2 aromatic rings. The van der Waals surface area contributed by atoms with Gasteiger partial charge in [-0.25, -0.2) is 4.98 Å². The maximum atomic E-state index is 5.56. The summed E-state index contributed by atoms with van der Waals surface area (Å²) in [6.45, 7) is 1.87. The number of nitrogen functional groups attached to an aromatic ring is 1. The van der Waals surface area contributed by atoms with Crippen molar-refractivity contribution in [3.63, 3.8) is 0 Å². The van der Waals surface area contributed by atoms with Crippen molar-refractivity contribution in [3.8, 4) is 11.6 Å². The molecule has 0 aliphatic heterocycles. The summed E-state index contributed by atoms with van der Waals surface area (Å²) in [6.07, 6.45) is 3.25. The van der Waals surface area contributed by atoms with Crippen LogP contribution in [0.5, 0.6) is 11.6 Å². The fourth-order valence-electron chi connectivity index (χ4n) is 1.09. The standard InChI is InChI=1S/C11H11N3O/c1-8-6-14-11(7-13-8)15-10-4-2-9(12)3-5-10/h2-7H,12H2,1H3. The predicted octanol–water partition coefficient (Wildman–Crippen LogP) is 2.16. The highest BCUT2D eigenvalue weighted by Gasteiger charge is 1.98. The number of hydrogen-bond acceptors (Lipinski definition) is 4. The molecule has 1 aromatic heterocycles. The normalized spacial score (nSPS) is 9.93. The average molecular weight is 201 g/mol. The molecule has 0 atom stereocenters. The van der Waals surface area contributed by atoms with Crippen molar-refractivity contribution in [1.82, 2.24) is 9.97 Å². The molecule has 15 heavy (non-hydrogen) atoms. The molecular formula is C11H11N3O. The van der Waals surface area contributed by atoms with Gasteiger partial charge in [-0.1, -0.05) is 0 Å². The summed E-state index contributed by atoms with van der Waals surface area (Å²) in [6, 6.07) is 7.13. The highest BCUT2D eigenvalue weighted by atomic mass is 16.5. The zero-order chi connectivity index (χ0) is 10.7. The second kappa shape index (κ2) is 3.96. The van der Waals surface area contributed by atoms with Crippen LogP contribution in [-0.2, 0) is 0 Å². The molecule has 1 heterocycles. The fraction of sp³-hybridized carbons (Fsp3) is 0.0909. The van der Waals surface area contributed by atoms with Crippen LogP contribution in [0.15, 0.2) is 36.7 Å². The molecule has 76 valence electrons. The third-order valence-electron chi connectivity index (χ3n) is 1.86. The Bertz CT molecular complexity index is 393. The molecule has 0 aliphatic rings. The number of anilines is 1. The van der Waals surface area contributed by atoms with Gasteiger partial charge < -0.3 is 10.5 Å². The van der Waals surface area contributed by atoms with Gasteiger partial charge >= 0.3 is 0 Å². The number of ether oxygens (including phenoxy) is 1. The van der Waals surface area contributed by atoms with E-state index in [1.54, 1.807) is 36.7 Å². The quantitative estimate of drug-likeness (QED) is 0.756. The van der Waals surface area contributed by atoms with E-state index in [1.165, 1.54) is 0 Å². The molecule has 0 saturated heterocycles. The molecule has 0 amide bonds. The summed E-state index contributed by atoms with van der Waals surface area (Å²) < 4.78 is 5.46. The van der Waals surface area contributed by atoms with E-state index in [4.69, 9.17) is 10.5 Å². The monoisotopic (exact) mass is 201 g/mol. The van der Waals surface area contributed by atoms with Crippen molar-refractivity contribution < 1.29 is 4.74 Å². The first-order chi connectivity index (χ1) is 7.24. The minimum absolute atomic E-state index is 0.477. The summed E-state index contributed by atoms with van der Waals surface area (Å²) in [5.41, 5.74) is 7.12. The van der Waals surface area contributed by atoms with Gasteiger partial charge in [0, 0.05) is 5.69 Å². The molecule has 0 aliphatic carbocycles. The topological polar surface area (TPSA) is 61.0 Å². The smallest absolute Gasteiger partial charge is 0.237 e. The van der Waals surface area contributed by atoms with Crippen molar-refractivity contribution in [3.05, 3.63) is 42.4 Å². The average Bonchev–Trinajstić information content (AvgIpc) is 2.25. The lowest BCUT2D eigenvalue weighted by Crippen LogP contribution is -1.91. The van der Waals surface area contributed by atoms with Crippen LogP contribution in [0.2, 0.25) is 0 Å². The lowest BCUT2D eigenvalue weighted by molar-refractivity contribution is 0.459. The van der Waals surface area contributed by atoms with E-state index in [-0.39, 0.29) is 0 Å². The first-order valence-corrected chi connectivity index (χ1v) is 4.56. The second-order valence-electron chi connectivity index (χ2n) is 3.17. The van der Waals surface area contributed by atoms with E-state index < -0.39 is 0 Å². The maximum Gasteiger partial charge on any atom is 0.237 e. The van der Waals surface area contributed by atoms with E-state index in [2.05, 4.69) is 9.97 Å². The molecule has 0 saturated carbocycles. The van der Waals surface area contributed by atoms with Gasteiger partial charge in [0.25, 0.3) is 0 Å². The molecule has 2 rings (SSSR count). The Labute approximate surface area is 87.7 Å². The molecule has 2 N–H and O–H groups in total. The van der Waals surface area contributed by atoms with Gasteiger partial charge in [-0.2, -0.15) is 0 Å². The largest absolute Gasteiger partial charge is 0.438 e. The third-order valence-corrected chi connectivity index (χ3v) is 1.86. The lowest BCUT2D eigenvalue weighted by atomic mass is 10.3. The Morgan fingerprint density at radius 2 is 1.80 bits per heavy atom. The van der Waals surface area contributed by atoms with Gasteiger partial charge in [-0.15, -0.1) is 0 Å². The van der Waals surface area contributed by atoms with Crippen LogP contribution < -0.4 is 10.5 Å². The predicted molar refractivity (Wildman–Crippen MR) is 57.7 cm³/mol. The molecule has 0 fully saturated rings. The molecule has 0 spiro atoms. The highest BCUT2D eigenvalue weighted by molar-refractivity contribution is 5.42. The molecule has 0 unspecified atom stereocenters. The number of benzene rings is 1. The molecule has 1 aromatic carbocycles. The SMILES string of the molecule is Cc1cnc(Oc2ccc(N)cc2)cn1. The zero-order valence-electron chi connectivity index (χ0n) is 8.34. The maximum absolute atomic E-state index is 5.56. The molecule has 4 heteroatoms. The first kappa shape index (κ1) is 9.45. The second-order valence-corrected chi connectivity index (χ2v) is 3.17. The van der Waals surface area contributed by atoms with Crippen LogP contribution in [0.4, 0.5) is 5.69 Å². The van der Waals surface area contributed by atoms with Crippen LogP contribution in [0.25, 0.3) is 0 Å². The van der Waals surface area contributed by atoms with Crippen molar-refractivity contribution in [2.45, 2.75) is 6.92 Å². The minimum Gasteiger partial charge on any atom is -0.438 e. The summed E-state index contributed by atoms with van der Waals surface area (Å²) in [7, 11) is 0. The Morgan fingerprint density at radius 1 is 1.07 bits per heavy atom.